The Morgan fingerprint density at radius 1 is 1.03 bits per heavy atom. The Balaban J connectivity index is 1.40. The molecule has 6 heteroatoms. The number of anilines is 1. The maximum absolute atomic E-state index is 13.2. The lowest BCUT2D eigenvalue weighted by atomic mass is 9.96. The molecule has 5 nitrogen and oxygen atoms in total. The molecule has 29 heavy (non-hydrogen) atoms. The molecule has 0 spiro atoms. The molecule has 154 valence electrons. The van der Waals surface area contributed by atoms with Crippen LogP contribution in [-0.4, -0.2) is 37.8 Å². The van der Waals surface area contributed by atoms with Crippen molar-refractivity contribution in [3.63, 3.8) is 0 Å². The molecular formula is C23H28N2O3S. The van der Waals surface area contributed by atoms with Gasteiger partial charge in [0, 0.05) is 30.7 Å². The molecule has 0 saturated carbocycles. The van der Waals surface area contributed by atoms with E-state index in [1.807, 2.05) is 54.3 Å². The minimum absolute atomic E-state index is 0.0163. The van der Waals surface area contributed by atoms with Crippen LogP contribution in [0.3, 0.4) is 0 Å². The van der Waals surface area contributed by atoms with E-state index < -0.39 is 10.0 Å². The Morgan fingerprint density at radius 3 is 2.38 bits per heavy atom. The summed E-state index contributed by atoms with van der Waals surface area (Å²) in [5.74, 6) is 0.0371. The fourth-order valence-electron chi connectivity index (χ4n) is 4.47. The Bertz CT molecular complexity index is 993. The van der Waals surface area contributed by atoms with Crippen LogP contribution in [0.15, 0.2) is 48.5 Å². The van der Waals surface area contributed by atoms with Gasteiger partial charge in [-0.05, 0) is 50.3 Å². The highest BCUT2D eigenvalue weighted by Gasteiger charge is 2.37. The molecule has 0 aliphatic carbocycles. The van der Waals surface area contributed by atoms with Gasteiger partial charge in [0.2, 0.25) is 15.9 Å². The van der Waals surface area contributed by atoms with E-state index in [4.69, 9.17) is 0 Å². The van der Waals surface area contributed by atoms with Crippen molar-refractivity contribution in [2.24, 2.45) is 5.92 Å². The Hall–Kier alpha value is -2.18. The molecule has 2 heterocycles. The zero-order chi connectivity index (χ0) is 20.6. The number of benzene rings is 2. The van der Waals surface area contributed by atoms with Crippen LogP contribution in [0.1, 0.15) is 36.5 Å². The van der Waals surface area contributed by atoms with Crippen LogP contribution in [0.5, 0.6) is 0 Å². The first-order valence-corrected chi connectivity index (χ1v) is 11.9. The summed E-state index contributed by atoms with van der Waals surface area (Å²) in [5, 5.41) is 0. The third-order valence-electron chi connectivity index (χ3n) is 6.11. The third-order valence-corrected chi connectivity index (χ3v) is 7.96. The third kappa shape index (κ3) is 4.09. The van der Waals surface area contributed by atoms with Crippen LogP contribution in [0.4, 0.5) is 5.69 Å². The summed E-state index contributed by atoms with van der Waals surface area (Å²) in [4.78, 5) is 15.1. The monoisotopic (exact) mass is 412 g/mol. The molecule has 1 atom stereocenters. The van der Waals surface area contributed by atoms with Crippen molar-refractivity contribution in [3.8, 4) is 0 Å². The number of carbonyl (C=O) groups excluding carboxylic acids is 1. The van der Waals surface area contributed by atoms with E-state index in [1.54, 1.807) is 4.31 Å². The van der Waals surface area contributed by atoms with E-state index in [1.165, 1.54) is 5.56 Å². The first-order chi connectivity index (χ1) is 13.8. The van der Waals surface area contributed by atoms with Crippen molar-refractivity contribution in [1.82, 2.24) is 4.31 Å². The lowest BCUT2D eigenvalue weighted by Gasteiger charge is -2.34. The molecule has 4 rings (SSSR count). The zero-order valence-corrected chi connectivity index (χ0v) is 17.9. The summed E-state index contributed by atoms with van der Waals surface area (Å²) >= 11 is 0. The molecule has 0 N–H and O–H groups in total. The fraction of sp³-hybridized carbons (Fsp3) is 0.435. The number of rotatable bonds is 4. The number of amides is 1. The first kappa shape index (κ1) is 20.1. The van der Waals surface area contributed by atoms with Gasteiger partial charge in [-0.3, -0.25) is 4.79 Å². The van der Waals surface area contributed by atoms with Gasteiger partial charge in [-0.25, -0.2) is 12.7 Å². The highest BCUT2D eigenvalue weighted by Crippen LogP contribution is 2.35. The zero-order valence-electron chi connectivity index (χ0n) is 17.0. The molecule has 2 aliphatic rings. The van der Waals surface area contributed by atoms with Crippen LogP contribution in [0.2, 0.25) is 0 Å². The number of carbonyl (C=O) groups is 1. The first-order valence-electron chi connectivity index (χ1n) is 10.3. The molecule has 0 bridgehead atoms. The number of para-hydroxylation sites is 1. The molecule has 2 aliphatic heterocycles. The summed E-state index contributed by atoms with van der Waals surface area (Å²) in [7, 11) is -3.37. The second-order valence-corrected chi connectivity index (χ2v) is 10.3. The second kappa shape index (κ2) is 7.92. The molecule has 1 amide bonds. The topological polar surface area (TPSA) is 57.7 Å². The van der Waals surface area contributed by atoms with Crippen LogP contribution < -0.4 is 4.90 Å². The molecule has 1 saturated heterocycles. The van der Waals surface area contributed by atoms with Crippen molar-refractivity contribution in [3.05, 3.63) is 65.2 Å². The largest absolute Gasteiger partial charge is 0.309 e. The lowest BCUT2D eigenvalue weighted by molar-refractivity contribution is -0.123. The number of sulfonamides is 1. The van der Waals surface area contributed by atoms with Gasteiger partial charge in [-0.15, -0.1) is 0 Å². The van der Waals surface area contributed by atoms with Gasteiger partial charge < -0.3 is 4.90 Å². The van der Waals surface area contributed by atoms with E-state index >= 15 is 0 Å². The predicted octanol–water partition coefficient (Wildman–Crippen LogP) is 3.51. The number of aryl methyl sites for hydroxylation is 1. The quantitative estimate of drug-likeness (QED) is 0.772. The minimum Gasteiger partial charge on any atom is -0.309 e. The van der Waals surface area contributed by atoms with Gasteiger partial charge >= 0.3 is 0 Å². The molecule has 0 aromatic heterocycles. The number of hydrogen-bond acceptors (Lipinski definition) is 3. The van der Waals surface area contributed by atoms with Gasteiger partial charge in [0.1, 0.15) is 0 Å². The number of fused-ring (bicyclic) bond motifs is 1. The summed E-state index contributed by atoms with van der Waals surface area (Å²) in [6.07, 6.45) is 2.04. The second-order valence-electron chi connectivity index (χ2n) is 8.31. The van der Waals surface area contributed by atoms with Crippen LogP contribution in [0.25, 0.3) is 0 Å². The highest BCUT2D eigenvalue weighted by molar-refractivity contribution is 7.88. The minimum atomic E-state index is -3.37. The van der Waals surface area contributed by atoms with Crippen molar-refractivity contribution in [1.29, 1.82) is 0 Å². The SMILES string of the molecule is Cc1ccc(CS(=O)(=O)N2CCC(C(=O)N3c4ccccc4C[C@H]3C)CC2)cc1. The van der Waals surface area contributed by atoms with Crippen molar-refractivity contribution >= 4 is 21.6 Å². The molecule has 0 unspecified atom stereocenters. The maximum Gasteiger partial charge on any atom is 0.230 e. The summed E-state index contributed by atoms with van der Waals surface area (Å²) in [6.45, 7) is 4.89. The van der Waals surface area contributed by atoms with Gasteiger partial charge in [-0.1, -0.05) is 48.0 Å². The number of hydrogen-bond donors (Lipinski definition) is 0. The molecule has 2 aromatic carbocycles. The normalized spacial score (nSPS) is 20.6. The smallest absolute Gasteiger partial charge is 0.230 e. The Kier molecular flexibility index (Phi) is 5.49. The van der Waals surface area contributed by atoms with Gasteiger partial charge in [0.15, 0.2) is 0 Å². The Morgan fingerprint density at radius 2 is 1.69 bits per heavy atom. The average Bonchev–Trinajstić information content (AvgIpc) is 3.05. The van der Waals surface area contributed by atoms with E-state index in [0.717, 1.165) is 23.2 Å². The van der Waals surface area contributed by atoms with E-state index in [-0.39, 0.29) is 23.6 Å². The van der Waals surface area contributed by atoms with Crippen molar-refractivity contribution in [2.75, 3.05) is 18.0 Å². The standard InChI is InChI=1S/C23H28N2O3S/c1-17-7-9-19(10-8-17)16-29(27,28)24-13-11-20(12-14-24)23(26)25-18(2)15-21-5-3-4-6-22(21)25/h3-10,18,20H,11-16H2,1-2H3/t18-/m1/s1. The van der Waals surface area contributed by atoms with Crippen LogP contribution in [0, 0.1) is 12.8 Å². The molecule has 2 aromatic rings. The van der Waals surface area contributed by atoms with Crippen molar-refractivity contribution in [2.45, 2.75) is 44.9 Å². The summed E-state index contributed by atoms with van der Waals surface area (Å²) < 4.78 is 27.2. The lowest BCUT2D eigenvalue weighted by Crippen LogP contribution is -2.46. The summed E-state index contributed by atoms with van der Waals surface area (Å²) in [6, 6.07) is 15.8. The van der Waals surface area contributed by atoms with Gasteiger partial charge in [0.05, 0.1) is 5.75 Å². The predicted molar refractivity (Wildman–Crippen MR) is 115 cm³/mol. The van der Waals surface area contributed by atoms with Crippen LogP contribution >= 0.6 is 0 Å². The van der Waals surface area contributed by atoms with E-state index in [2.05, 4.69) is 13.0 Å². The average molecular weight is 413 g/mol. The van der Waals surface area contributed by atoms with Gasteiger partial charge in [-0.2, -0.15) is 0 Å². The molecule has 0 radical (unpaired) electrons. The highest BCUT2D eigenvalue weighted by atomic mass is 32.2. The maximum atomic E-state index is 13.2. The van der Waals surface area contributed by atoms with Crippen LogP contribution in [-0.2, 0) is 27.0 Å². The number of piperidine rings is 1. The fourth-order valence-corrected chi connectivity index (χ4v) is 6.03. The van der Waals surface area contributed by atoms with Gasteiger partial charge in [0.25, 0.3) is 0 Å². The Labute approximate surface area is 173 Å². The molecule has 1 fully saturated rings. The molecular weight excluding hydrogens is 384 g/mol. The van der Waals surface area contributed by atoms with E-state index in [0.29, 0.717) is 25.9 Å². The van der Waals surface area contributed by atoms with Crippen molar-refractivity contribution < 1.29 is 13.2 Å². The summed E-state index contributed by atoms with van der Waals surface area (Å²) in [5.41, 5.74) is 4.14. The number of nitrogens with zero attached hydrogens (tertiary/aromatic N) is 2. The van der Waals surface area contributed by atoms with E-state index in [9.17, 15) is 13.2 Å².